The maximum atomic E-state index is 12.1. The Morgan fingerprint density at radius 2 is 1.96 bits per heavy atom. The Hall–Kier alpha value is -0.980. The van der Waals surface area contributed by atoms with Crippen LogP contribution in [0.3, 0.4) is 0 Å². The number of aliphatic hydroxyl groups is 2. The quantitative estimate of drug-likeness (QED) is 0.547. The number of allylic oxidation sites excluding steroid dienone is 4. The smallest absolute Gasteiger partial charge is 0.336 e. The standard InChI is InChI=1S/C21H27BrO5/c1-11-8-15-14-5-4-12-9-13(23)6-7-18(12,2)20(14,22)16(24)10-19(15,3)21(11,27)17(25)26/h6-7,9,11,14-16,24,27H,4-5,8,10H2,1-3H3,(H,25,26)/t11-,14-,15-,16-,18-,19-,20-,21-/m0/s1. The van der Waals surface area contributed by atoms with Crippen molar-refractivity contribution in [3.63, 3.8) is 0 Å². The Balaban J connectivity index is 1.85. The van der Waals surface area contributed by atoms with Gasteiger partial charge < -0.3 is 15.3 Å². The molecule has 0 amide bonds. The van der Waals surface area contributed by atoms with E-state index in [-0.39, 0.29) is 30.0 Å². The molecule has 3 fully saturated rings. The number of aliphatic hydroxyl groups excluding tert-OH is 1. The molecule has 0 bridgehead atoms. The van der Waals surface area contributed by atoms with Gasteiger partial charge in [-0.25, -0.2) is 4.79 Å². The molecule has 0 heterocycles. The molecule has 4 aliphatic carbocycles. The fraction of sp³-hybridized carbons (Fsp3) is 0.714. The predicted octanol–water partition coefficient (Wildman–Crippen LogP) is 2.84. The zero-order valence-electron chi connectivity index (χ0n) is 15.9. The zero-order chi connectivity index (χ0) is 20.0. The van der Waals surface area contributed by atoms with E-state index in [0.29, 0.717) is 6.42 Å². The molecule has 0 spiro atoms. The van der Waals surface area contributed by atoms with Crippen LogP contribution >= 0.6 is 15.9 Å². The summed E-state index contributed by atoms with van der Waals surface area (Å²) in [6.45, 7) is 5.68. The van der Waals surface area contributed by atoms with Crippen LogP contribution in [0.15, 0.2) is 23.8 Å². The average molecular weight is 439 g/mol. The van der Waals surface area contributed by atoms with Gasteiger partial charge in [-0.3, -0.25) is 4.79 Å². The fourth-order valence-electron chi connectivity index (χ4n) is 7.00. The van der Waals surface area contributed by atoms with Crippen LogP contribution in [0.2, 0.25) is 0 Å². The molecule has 27 heavy (non-hydrogen) atoms. The topological polar surface area (TPSA) is 94.8 Å². The maximum absolute atomic E-state index is 12.1. The van der Waals surface area contributed by atoms with Crippen molar-refractivity contribution in [2.24, 2.45) is 28.6 Å². The molecule has 0 aromatic rings. The second kappa shape index (κ2) is 5.55. The lowest BCUT2D eigenvalue weighted by Gasteiger charge is -2.64. The third kappa shape index (κ3) is 2.02. The highest BCUT2D eigenvalue weighted by Gasteiger charge is 2.74. The number of carbonyl (C=O) groups excluding carboxylic acids is 1. The third-order valence-corrected chi connectivity index (χ3v) is 10.5. The van der Waals surface area contributed by atoms with Gasteiger partial charge in [0.2, 0.25) is 0 Å². The number of ketones is 1. The molecule has 4 aliphatic rings. The first kappa shape index (κ1) is 19.3. The highest BCUT2D eigenvalue weighted by Crippen LogP contribution is 2.71. The molecule has 0 aliphatic heterocycles. The van der Waals surface area contributed by atoms with E-state index in [1.165, 1.54) is 0 Å². The van der Waals surface area contributed by atoms with E-state index < -0.39 is 32.8 Å². The van der Waals surface area contributed by atoms with Crippen LogP contribution in [0.5, 0.6) is 0 Å². The highest BCUT2D eigenvalue weighted by molar-refractivity contribution is 9.10. The van der Waals surface area contributed by atoms with Gasteiger partial charge in [-0.2, -0.15) is 0 Å². The lowest BCUT2D eigenvalue weighted by atomic mass is 9.46. The molecular weight excluding hydrogens is 412 g/mol. The minimum absolute atomic E-state index is 0.00192. The summed E-state index contributed by atoms with van der Waals surface area (Å²) in [5, 5.41) is 32.4. The average Bonchev–Trinajstić information content (AvgIpc) is 2.79. The number of carboxylic acids is 1. The predicted molar refractivity (Wildman–Crippen MR) is 103 cm³/mol. The van der Waals surface area contributed by atoms with Gasteiger partial charge in [-0.1, -0.05) is 48.4 Å². The largest absolute Gasteiger partial charge is 0.479 e. The molecule has 0 aromatic carbocycles. The Morgan fingerprint density at radius 3 is 2.59 bits per heavy atom. The number of hydrogen-bond donors (Lipinski definition) is 3. The van der Waals surface area contributed by atoms with Gasteiger partial charge in [0.1, 0.15) is 0 Å². The van der Waals surface area contributed by atoms with E-state index in [1.54, 1.807) is 19.1 Å². The van der Waals surface area contributed by atoms with Crippen molar-refractivity contribution in [3.05, 3.63) is 23.8 Å². The lowest BCUT2D eigenvalue weighted by molar-refractivity contribution is -0.193. The van der Waals surface area contributed by atoms with E-state index in [1.807, 2.05) is 13.0 Å². The number of rotatable bonds is 1. The van der Waals surface area contributed by atoms with Crippen molar-refractivity contribution in [1.29, 1.82) is 0 Å². The summed E-state index contributed by atoms with van der Waals surface area (Å²) in [6.07, 6.45) is 6.63. The fourth-order valence-corrected chi connectivity index (χ4v) is 8.10. The van der Waals surface area contributed by atoms with Crippen LogP contribution in [0.1, 0.15) is 46.5 Å². The van der Waals surface area contributed by atoms with Crippen molar-refractivity contribution < 1.29 is 24.9 Å². The Kier molecular flexibility index (Phi) is 3.97. The van der Waals surface area contributed by atoms with Gasteiger partial charge in [-0.15, -0.1) is 0 Å². The van der Waals surface area contributed by atoms with Crippen molar-refractivity contribution in [1.82, 2.24) is 0 Å². The normalized spacial score (nSPS) is 54.0. The van der Waals surface area contributed by atoms with Crippen molar-refractivity contribution in [2.75, 3.05) is 0 Å². The molecule has 5 nitrogen and oxygen atoms in total. The summed E-state index contributed by atoms with van der Waals surface area (Å²) in [4.78, 5) is 24.0. The summed E-state index contributed by atoms with van der Waals surface area (Å²) in [5.74, 6) is -1.63. The second-order valence-electron chi connectivity index (χ2n) is 9.47. The van der Waals surface area contributed by atoms with Gasteiger partial charge in [0, 0.05) is 10.8 Å². The SMILES string of the molecule is C[C@H]1C[C@H]2[C@@H]3CCC4=CC(=O)C=C[C@]4(C)[C@@]3(Br)[C@@H](O)C[C@]2(C)[C@@]1(O)C(=O)O. The number of alkyl halides is 1. The monoisotopic (exact) mass is 438 g/mol. The Bertz CT molecular complexity index is 789. The third-order valence-electron chi connectivity index (χ3n) is 8.55. The molecule has 0 aromatic heterocycles. The minimum atomic E-state index is -1.84. The minimum Gasteiger partial charge on any atom is -0.479 e. The number of carboxylic acid groups (broad SMARTS) is 1. The molecule has 0 radical (unpaired) electrons. The van der Waals surface area contributed by atoms with Gasteiger partial charge in [0.25, 0.3) is 0 Å². The van der Waals surface area contributed by atoms with E-state index in [0.717, 1.165) is 18.4 Å². The van der Waals surface area contributed by atoms with E-state index in [9.17, 15) is 24.9 Å². The van der Waals surface area contributed by atoms with Crippen molar-refractivity contribution in [2.45, 2.75) is 62.5 Å². The Labute approximate surface area is 167 Å². The number of aliphatic carboxylic acids is 1. The molecule has 0 unspecified atom stereocenters. The molecule has 3 N–H and O–H groups in total. The second-order valence-corrected chi connectivity index (χ2v) is 10.8. The first-order chi connectivity index (χ1) is 12.4. The summed E-state index contributed by atoms with van der Waals surface area (Å²) in [5.41, 5.74) is -2.24. The van der Waals surface area contributed by atoms with Crippen LogP contribution in [-0.4, -0.2) is 43.1 Å². The Morgan fingerprint density at radius 1 is 1.30 bits per heavy atom. The maximum Gasteiger partial charge on any atom is 0.336 e. The first-order valence-electron chi connectivity index (χ1n) is 9.70. The molecule has 8 atom stereocenters. The number of carbonyl (C=O) groups is 2. The highest BCUT2D eigenvalue weighted by atomic mass is 79.9. The van der Waals surface area contributed by atoms with Gasteiger partial charge >= 0.3 is 5.97 Å². The molecule has 4 rings (SSSR count). The van der Waals surface area contributed by atoms with Gasteiger partial charge in [0.05, 0.1) is 10.4 Å². The summed E-state index contributed by atoms with van der Waals surface area (Å²) in [6, 6.07) is 0. The van der Waals surface area contributed by atoms with Gasteiger partial charge in [0.15, 0.2) is 11.4 Å². The zero-order valence-corrected chi connectivity index (χ0v) is 17.5. The summed E-state index contributed by atoms with van der Waals surface area (Å²) < 4.78 is -0.686. The molecule has 6 heteroatoms. The van der Waals surface area contributed by atoms with E-state index in [4.69, 9.17) is 0 Å². The van der Waals surface area contributed by atoms with Crippen LogP contribution in [0.4, 0.5) is 0 Å². The summed E-state index contributed by atoms with van der Waals surface area (Å²) >= 11 is 3.93. The molecule has 0 saturated heterocycles. The molecular formula is C21H27BrO5. The van der Waals surface area contributed by atoms with Gasteiger partial charge in [-0.05, 0) is 55.6 Å². The van der Waals surface area contributed by atoms with E-state index >= 15 is 0 Å². The summed E-state index contributed by atoms with van der Waals surface area (Å²) in [7, 11) is 0. The molecule has 148 valence electrons. The van der Waals surface area contributed by atoms with Crippen LogP contribution < -0.4 is 0 Å². The molecule has 3 saturated carbocycles. The first-order valence-corrected chi connectivity index (χ1v) is 10.5. The number of fused-ring (bicyclic) bond motifs is 5. The van der Waals surface area contributed by atoms with Crippen LogP contribution in [-0.2, 0) is 9.59 Å². The van der Waals surface area contributed by atoms with Crippen molar-refractivity contribution >= 4 is 27.7 Å². The number of halogens is 1. The van der Waals surface area contributed by atoms with E-state index in [2.05, 4.69) is 22.9 Å². The number of hydrogen-bond acceptors (Lipinski definition) is 4. The lowest BCUT2D eigenvalue weighted by Crippen LogP contribution is -2.68. The van der Waals surface area contributed by atoms with Crippen LogP contribution in [0.25, 0.3) is 0 Å². The van der Waals surface area contributed by atoms with Crippen molar-refractivity contribution in [3.8, 4) is 0 Å². The van der Waals surface area contributed by atoms with Crippen LogP contribution in [0, 0.1) is 28.6 Å².